The molecule has 1 aromatic heterocycles. The molecule has 1 saturated heterocycles. The zero-order chi connectivity index (χ0) is 20.4. The van der Waals surface area contributed by atoms with Crippen LogP contribution in [0.1, 0.15) is 18.4 Å². The number of fused-ring (bicyclic) bond motifs is 1. The predicted octanol–water partition coefficient (Wildman–Crippen LogP) is 4.70. The Hall–Kier alpha value is -1.54. The van der Waals surface area contributed by atoms with Crippen LogP contribution in [0.2, 0.25) is 0 Å². The van der Waals surface area contributed by atoms with E-state index >= 15 is 0 Å². The van der Waals surface area contributed by atoms with E-state index in [1.54, 1.807) is 17.4 Å². The average molecular weight is 478 g/mol. The molecule has 1 fully saturated rings. The molecule has 1 aliphatic rings. The van der Waals surface area contributed by atoms with Crippen LogP contribution >= 0.6 is 27.3 Å². The first-order valence-electron chi connectivity index (χ1n) is 9.92. The summed E-state index contributed by atoms with van der Waals surface area (Å²) in [7, 11) is 2.14. The molecular weight excluding hydrogens is 453 g/mol. The number of hydrogen-bond acceptors (Lipinski definition) is 5. The number of likely N-dealkylation sites (tertiary alicyclic amines) is 1. The lowest BCUT2D eigenvalue weighted by atomic mass is 10.0. The third kappa shape index (κ3) is 4.97. The molecule has 1 aliphatic heterocycles. The van der Waals surface area contributed by atoms with Gasteiger partial charge in [0.15, 0.2) is 5.13 Å². The summed E-state index contributed by atoms with van der Waals surface area (Å²) in [6, 6.07) is 13.4. The molecule has 1 unspecified atom stereocenters. The number of rotatable bonds is 6. The van der Waals surface area contributed by atoms with Crippen molar-refractivity contribution in [2.45, 2.75) is 31.4 Å². The third-order valence-electron chi connectivity index (χ3n) is 5.63. The second-order valence-electron chi connectivity index (χ2n) is 7.70. The van der Waals surface area contributed by atoms with Gasteiger partial charge in [0.2, 0.25) is 0 Å². The lowest BCUT2D eigenvalue weighted by molar-refractivity contribution is 0.0970. The van der Waals surface area contributed by atoms with Gasteiger partial charge in [0.05, 0.1) is 16.3 Å². The van der Waals surface area contributed by atoms with Gasteiger partial charge in [-0.2, -0.15) is 0 Å². The van der Waals surface area contributed by atoms with Gasteiger partial charge in [-0.1, -0.05) is 45.5 Å². The second kappa shape index (κ2) is 9.08. The number of aromatic nitrogens is 1. The van der Waals surface area contributed by atoms with Crippen LogP contribution in [0, 0.1) is 5.82 Å². The Kier molecular flexibility index (Phi) is 6.49. The van der Waals surface area contributed by atoms with Gasteiger partial charge in [-0.15, -0.1) is 0 Å². The van der Waals surface area contributed by atoms with E-state index in [9.17, 15) is 9.50 Å². The zero-order valence-corrected chi connectivity index (χ0v) is 18.8. The molecular formula is C22H25BrFN3OS. The number of β-amino-alcohol motifs (C(OH)–C–C–N with tert-alkyl or cyclic N) is 1. The number of aliphatic hydroxyl groups excluding tert-OH is 1. The van der Waals surface area contributed by atoms with Gasteiger partial charge in [-0.25, -0.2) is 9.37 Å². The minimum Gasteiger partial charge on any atom is -0.391 e. The third-order valence-corrected chi connectivity index (χ3v) is 7.49. The van der Waals surface area contributed by atoms with Crippen LogP contribution in [-0.4, -0.2) is 53.8 Å². The van der Waals surface area contributed by atoms with Crippen molar-refractivity contribution >= 4 is 42.6 Å². The molecule has 0 aliphatic carbocycles. The standard InChI is InChI=1S/C22H25BrFN3OS/c1-26(22-25-20-4-2-3-5-21(20)29-22)17-8-10-27(11-9-17)14-18(28)12-15-6-7-16(24)13-19(15)23/h2-7,13,17-18,28H,8-12,14H2,1H3. The number of thiazole rings is 1. The zero-order valence-electron chi connectivity index (χ0n) is 16.4. The Morgan fingerprint density at radius 3 is 2.76 bits per heavy atom. The van der Waals surface area contributed by atoms with Crippen molar-refractivity contribution in [3.63, 3.8) is 0 Å². The van der Waals surface area contributed by atoms with Crippen LogP contribution in [-0.2, 0) is 6.42 Å². The SMILES string of the molecule is CN(c1nc2ccccc2s1)C1CCN(CC(O)Cc2ccc(F)cc2Br)CC1. The van der Waals surface area contributed by atoms with Crippen molar-refractivity contribution < 1.29 is 9.50 Å². The van der Waals surface area contributed by atoms with Crippen LogP contribution in [0.3, 0.4) is 0 Å². The van der Waals surface area contributed by atoms with Gasteiger partial charge < -0.3 is 14.9 Å². The molecule has 0 bridgehead atoms. The van der Waals surface area contributed by atoms with Crippen LogP contribution < -0.4 is 4.90 Å². The normalized spacial score (nSPS) is 17.0. The number of piperidine rings is 1. The highest BCUT2D eigenvalue weighted by atomic mass is 79.9. The van der Waals surface area contributed by atoms with E-state index in [4.69, 9.17) is 4.98 Å². The van der Waals surface area contributed by atoms with Crippen LogP contribution in [0.4, 0.5) is 9.52 Å². The van der Waals surface area contributed by atoms with Gasteiger partial charge in [0, 0.05) is 43.6 Å². The predicted molar refractivity (Wildman–Crippen MR) is 121 cm³/mol. The molecule has 0 spiro atoms. The first kappa shape index (κ1) is 20.7. The number of halogens is 2. The number of aliphatic hydroxyl groups is 1. The first-order chi connectivity index (χ1) is 14.0. The minimum atomic E-state index is -0.463. The number of nitrogens with zero attached hydrogens (tertiary/aromatic N) is 3. The highest BCUT2D eigenvalue weighted by Gasteiger charge is 2.25. The Morgan fingerprint density at radius 2 is 2.03 bits per heavy atom. The summed E-state index contributed by atoms with van der Waals surface area (Å²) in [5, 5.41) is 11.6. The summed E-state index contributed by atoms with van der Waals surface area (Å²) < 4.78 is 15.2. The Morgan fingerprint density at radius 1 is 1.28 bits per heavy atom. The second-order valence-corrected chi connectivity index (χ2v) is 9.56. The molecule has 4 rings (SSSR count). The van der Waals surface area contributed by atoms with Crippen molar-refractivity contribution in [2.75, 3.05) is 31.6 Å². The van der Waals surface area contributed by atoms with Crippen molar-refractivity contribution in [2.24, 2.45) is 0 Å². The monoisotopic (exact) mass is 477 g/mol. The van der Waals surface area contributed by atoms with E-state index in [2.05, 4.69) is 51.0 Å². The van der Waals surface area contributed by atoms with Gasteiger partial charge in [-0.05, 0) is 42.7 Å². The first-order valence-corrected chi connectivity index (χ1v) is 11.5. The van der Waals surface area contributed by atoms with Gasteiger partial charge >= 0.3 is 0 Å². The maximum atomic E-state index is 13.2. The summed E-state index contributed by atoms with van der Waals surface area (Å²) in [5.41, 5.74) is 2.00. The molecule has 0 amide bonds. The maximum absolute atomic E-state index is 13.2. The molecule has 1 atom stereocenters. The van der Waals surface area contributed by atoms with E-state index in [1.807, 2.05) is 6.07 Å². The molecule has 0 saturated carbocycles. The van der Waals surface area contributed by atoms with E-state index in [0.29, 0.717) is 23.5 Å². The van der Waals surface area contributed by atoms with E-state index in [0.717, 1.165) is 42.1 Å². The topological polar surface area (TPSA) is 39.6 Å². The van der Waals surface area contributed by atoms with Gasteiger partial charge in [0.1, 0.15) is 5.82 Å². The molecule has 0 radical (unpaired) electrons. The fraction of sp³-hybridized carbons (Fsp3) is 0.409. The summed E-state index contributed by atoms with van der Waals surface area (Å²) >= 11 is 5.13. The van der Waals surface area contributed by atoms with Crippen molar-refractivity contribution in [3.8, 4) is 0 Å². The van der Waals surface area contributed by atoms with Crippen LogP contribution in [0.5, 0.6) is 0 Å². The summed E-state index contributed by atoms with van der Waals surface area (Å²) in [5.74, 6) is -0.269. The van der Waals surface area contributed by atoms with Gasteiger partial charge in [-0.3, -0.25) is 0 Å². The lowest BCUT2D eigenvalue weighted by Gasteiger charge is -2.37. The fourth-order valence-corrected chi connectivity index (χ4v) is 5.47. The van der Waals surface area contributed by atoms with Crippen molar-refractivity contribution in [1.82, 2.24) is 9.88 Å². The van der Waals surface area contributed by atoms with Crippen molar-refractivity contribution in [3.05, 3.63) is 58.3 Å². The summed E-state index contributed by atoms with van der Waals surface area (Å²) in [4.78, 5) is 9.41. The Labute approximate surface area is 183 Å². The van der Waals surface area contributed by atoms with Crippen LogP contribution in [0.15, 0.2) is 46.9 Å². The van der Waals surface area contributed by atoms with Gasteiger partial charge in [0.25, 0.3) is 0 Å². The molecule has 154 valence electrons. The summed E-state index contributed by atoms with van der Waals surface area (Å²) in [6.07, 6.45) is 2.17. The largest absolute Gasteiger partial charge is 0.391 e. The quantitative estimate of drug-likeness (QED) is 0.558. The molecule has 3 aromatic rings. The molecule has 7 heteroatoms. The molecule has 2 aromatic carbocycles. The Bertz CT molecular complexity index is 941. The lowest BCUT2D eigenvalue weighted by Crippen LogP contribution is -2.45. The summed E-state index contributed by atoms with van der Waals surface area (Å²) in [6.45, 7) is 2.56. The van der Waals surface area contributed by atoms with Crippen molar-refractivity contribution in [1.29, 1.82) is 0 Å². The minimum absolute atomic E-state index is 0.269. The van der Waals surface area contributed by atoms with Crippen LogP contribution in [0.25, 0.3) is 10.2 Å². The molecule has 4 nitrogen and oxygen atoms in total. The maximum Gasteiger partial charge on any atom is 0.186 e. The average Bonchev–Trinajstić information content (AvgIpc) is 3.14. The number of anilines is 1. The Balaban J connectivity index is 1.29. The van der Waals surface area contributed by atoms with E-state index in [-0.39, 0.29) is 5.82 Å². The van der Waals surface area contributed by atoms with E-state index < -0.39 is 6.10 Å². The molecule has 1 N–H and O–H groups in total. The number of para-hydroxylation sites is 1. The smallest absolute Gasteiger partial charge is 0.186 e. The highest BCUT2D eigenvalue weighted by molar-refractivity contribution is 9.10. The fourth-order valence-electron chi connectivity index (χ4n) is 3.96. The molecule has 29 heavy (non-hydrogen) atoms. The highest BCUT2D eigenvalue weighted by Crippen LogP contribution is 2.31. The molecule has 2 heterocycles. The van der Waals surface area contributed by atoms with E-state index in [1.165, 1.54) is 16.8 Å². The number of benzene rings is 2. The number of hydrogen-bond donors (Lipinski definition) is 1.